The number of aromatic nitrogens is 1. The Morgan fingerprint density at radius 3 is 2.54 bits per heavy atom. The van der Waals surface area contributed by atoms with E-state index in [2.05, 4.69) is 10.5 Å². The molecule has 1 N–H and O–H groups in total. The summed E-state index contributed by atoms with van der Waals surface area (Å²) in [5.74, 6) is -3.41. The van der Waals surface area contributed by atoms with E-state index in [1.807, 2.05) is 6.92 Å². The topological polar surface area (TPSA) is 81.4 Å². The third-order valence-corrected chi connectivity index (χ3v) is 4.19. The van der Waals surface area contributed by atoms with Crippen LogP contribution in [0.1, 0.15) is 35.7 Å². The van der Waals surface area contributed by atoms with Crippen molar-refractivity contribution in [2.24, 2.45) is 0 Å². The van der Waals surface area contributed by atoms with E-state index in [-0.39, 0.29) is 5.56 Å². The van der Waals surface area contributed by atoms with Crippen molar-refractivity contribution >= 4 is 29.3 Å². The molecular formula is C17H18F2N2O4S. The zero-order valence-electron chi connectivity index (χ0n) is 14.4. The fourth-order valence-electron chi connectivity index (χ4n) is 2.16. The van der Waals surface area contributed by atoms with Crippen LogP contribution in [0.5, 0.6) is 0 Å². The first-order valence-electron chi connectivity index (χ1n) is 7.83. The number of aryl methyl sites for hydroxylation is 2. The molecule has 6 nitrogen and oxygen atoms in total. The van der Waals surface area contributed by atoms with Crippen LogP contribution in [0.25, 0.3) is 0 Å². The van der Waals surface area contributed by atoms with Crippen molar-refractivity contribution in [1.82, 2.24) is 5.16 Å². The molecule has 0 bridgehead atoms. The van der Waals surface area contributed by atoms with Crippen LogP contribution in [0.2, 0.25) is 0 Å². The number of thioether (sulfide) groups is 1. The number of hydrogen-bond donors (Lipinski definition) is 1. The summed E-state index contributed by atoms with van der Waals surface area (Å²) in [7, 11) is 0. The largest absolute Gasteiger partial charge is 0.449 e. The van der Waals surface area contributed by atoms with E-state index in [1.54, 1.807) is 6.92 Å². The maximum Gasteiger partial charge on any atom is 0.344 e. The van der Waals surface area contributed by atoms with Gasteiger partial charge in [-0.05, 0) is 44.5 Å². The van der Waals surface area contributed by atoms with Crippen LogP contribution in [-0.2, 0) is 16.0 Å². The van der Waals surface area contributed by atoms with Gasteiger partial charge in [-0.3, -0.25) is 4.79 Å². The standard InChI is InChI=1S/C17H18F2N2O4S/c1-4-13-14(9(2)25-21-13)16(23)24-10(3)15(22)20-11-5-7-12(8-6-11)26-17(18)19/h5-8,10,17H,4H2,1-3H3,(H,20,22)/t10-/m1/s1. The number of carbonyl (C=O) groups excluding carboxylic acids is 2. The summed E-state index contributed by atoms with van der Waals surface area (Å²) in [4.78, 5) is 24.8. The van der Waals surface area contributed by atoms with Crippen LogP contribution >= 0.6 is 11.8 Å². The van der Waals surface area contributed by atoms with Gasteiger partial charge in [0.05, 0.1) is 5.69 Å². The molecule has 9 heteroatoms. The molecule has 1 amide bonds. The molecule has 1 aromatic heterocycles. The van der Waals surface area contributed by atoms with Gasteiger partial charge in [-0.15, -0.1) is 0 Å². The fraction of sp³-hybridized carbons (Fsp3) is 0.353. The number of benzene rings is 1. The molecule has 0 spiro atoms. The Morgan fingerprint density at radius 1 is 1.31 bits per heavy atom. The van der Waals surface area contributed by atoms with Gasteiger partial charge in [-0.1, -0.05) is 23.8 Å². The Balaban J connectivity index is 1.97. The van der Waals surface area contributed by atoms with Gasteiger partial charge in [0.1, 0.15) is 11.3 Å². The Labute approximate surface area is 153 Å². The summed E-state index contributed by atoms with van der Waals surface area (Å²) in [5, 5.41) is 6.34. The van der Waals surface area contributed by atoms with Crippen LogP contribution in [0.15, 0.2) is 33.7 Å². The molecule has 0 aliphatic heterocycles. The molecule has 140 valence electrons. The Morgan fingerprint density at radius 2 is 1.96 bits per heavy atom. The minimum atomic E-state index is -2.51. The number of amides is 1. The second kappa shape index (κ2) is 8.79. The van der Waals surface area contributed by atoms with Gasteiger partial charge in [-0.2, -0.15) is 8.78 Å². The zero-order chi connectivity index (χ0) is 19.3. The summed E-state index contributed by atoms with van der Waals surface area (Å²) in [6, 6.07) is 5.93. The van der Waals surface area contributed by atoms with E-state index in [0.717, 1.165) is 0 Å². The van der Waals surface area contributed by atoms with Crippen LogP contribution in [-0.4, -0.2) is 28.9 Å². The van der Waals surface area contributed by atoms with Crippen molar-refractivity contribution in [2.75, 3.05) is 5.32 Å². The number of hydrogen-bond acceptors (Lipinski definition) is 6. The van der Waals surface area contributed by atoms with E-state index in [4.69, 9.17) is 9.26 Å². The molecule has 2 aromatic rings. The van der Waals surface area contributed by atoms with Crippen LogP contribution in [0, 0.1) is 6.92 Å². The third-order valence-electron chi connectivity index (χ3n) is 3.47. The Bertz CT molecular complexity index is 778. The molecule has 1 aromatic carbocycles. The Kier molecular flexibility index (Phi) is 6.73. The highest BCUT2D eigenvalue weighted by Gasteiger charge is 2.25. The average Bonchev–Trinajstić information content (AvgIpc) is 2.96. The van der Waals surface area contributed by atoms with Crippen molar-refractivity contribution in [2.45, 2.75) is 43.9 Å². The molecule has 0 aliphatic carbocycles. The number of nitrogens with zero attached hydrogens (tertiary/aromatic N) is 1. The minimum absolute atomic E-state index is 0.223. The molecule has 1 heterocycles. The zero-order valence-corrected chi connectivity index (χ0v) is 15.2. The molecule has 0 saturated carbocycles. The lowest BCUT2D eigenvalue weighted by atomic mass is 10.1. The number of halogens is 2. The fourth-order valence-corrected chi connectivity index (χ4v) is 2.66. The number of rotatable bonds is 7. The molecule has 0 radical (unpaired) electrons. The van der Waals surface area contributed by atoms with E-state index in [1.165, 1.54) is 31.2 Å². The first kappa shape index (κ1) is 19.9. The quantitative estimate of drug-likeness (QED) is 0.573. The number of carbonyl (C=O) groups is 2. The van der Waals surface area contributed by atoms with Gasteiger partial charge >= 0.3 is 5.97 Å². The first-order chi connectivity index (χ1) is 12.3. The predicted octanol–water partition coefficient (Wildman–Crippen LogP) is 4.04. The number of esters is 1. The first-order valence-corrected chi connectivity index (χ1v) is 8.71. The maximum atomic E-state index is 12.3. The monoisotopic (exact) mass is 384 g/mol. The molecule has 26 heavy (non-hydrogen) atoms. The molecule has 0 aliphatic rings. The van der Waals surface area contributed by atoms with Crippen molar-refractivity contribution < 1.29 is 27.6 Å². The smallest absolute Gasteiger partial charge is 0.344 e. The second-order valence-corrected chi connectivity index (χ2v) is 6.42. The van der Waals surface area contributed by atoms with E-state index in [9.17, 15) is 18.4 Å². The predicted molar refractivity (Wildman–Crippen MR) is 92.4 cm³/mol. The van der Waals surface area contributed by atoms with Gasteiger partial charge in [-0.25, -0.2) is 4.79 Å². The average molecular weight is 384 g/mol. The summed E-state index contributed by atoms with van der Waals surface area (Å²) in [6.45, 7) is 4.84. The molecule has 0 fully saturated rings. The normalized spacial score (nSPS) is 12.1. The summed E-state index contributed by atoms with van der Waals surface area (Å²) < 4.78 is 34.7. The van der Waals surface area contributed by atoms with E-state index >= 15 is 0 Å². The number of ether oxygens (including phenoxy) is 1. The van der Waals surface area contributed by atoms with Gasteiger partial charge in [0.25, 0.3) is 11.7 Å². The van der Waals surface area contributed by atoms with Crippen molar-refractivity contribution in [1.29, 1.82) is 0 Å². The molecule has 0 unspecified atom stereocenters. The highest BCUT2D eigenvalue weighted by atomic mass is 32.2. The highest BCUT2D eigenvalue weighted by molar-refractivity contribution is 7.99. The SMILES string of the molecule is CCc1noc(C)c1C(=O)O[C@H](C)C(=O)Nc1ccc(SC(F)F)cc1. The lowest BCUT2D eigenvalue weighted by Gasteiger charge is -2.13. The lowest BCUT2D eigenvalue weighted by molar-refractivity contribution is -0.123. The van der Waals surface area contributed by atoms with Crippen LogP contribution < -0.4 is 5.32 Å². The number of alkyl halides is 2. The van der Waals surface area contributed by atoms with Crippen LogP contribution in [0.4, 0.5) is 14.5 Å². The molecular weight excluding hydrogens is 366 g/mol. The van der Waals surface area contributed by atoms with Crippen molar-refractivity contribution in [3.05, 3.63) is 41.3 Å². The lowest BCUT2D eigenvalue weighted by Crippen LogP contribution is -2.30. The minimum Gasteiger partial charge on any atom is -0.449 e. The van der Waals surface area contributed by atoms with Gasteiger partial charge in [0.15, 0.2) is 6.10 Å². The highest BCUT2D eigenvalue weighted by Crippen LogP contribution is 2.26. The van der Waals surface area contributed by atoms with E-state index in [0.29, 0.717) is 40.2 Å². The van der Waals surface area contributed by atoms with Gasteiger partial charge < -0.3 is 14.6 Å². The molecule has 2 rings (SSSR count). The summed E-state index contributed by atoms with van der Waals surface area (Å²) in [6.07, 6.45) is -0.567. The third kappa shape index (κ3) is 5.04. The van der Waals surface area contributed by atoms with Crippen molar-refractivity contribution in [3.8, 4) is 0 Å². The summed E-state index contributed by atoms with van der Waals surface area (Å²) in [5.41, 5.74) is 1.10. The Hall–Kier alpha value is -2.42. The molecule has 0 saturated heterocycles. The number of nitrogens with one attached hydrogen (secondary N) is 1. The van der Waals surface area contributed by atoms with Crippen molar-refractivity contribution in [3.63, 3.8) is 0 Å². The van der Waals surface area contributed by atoms with Crippen LogP contribution in [0.3, 0.4) is 0 Å². The summed E-state index contributed by atoms with van der Waals surface area (Å²) >= 11 is 0.414. The van der Waals surface area contributed by atoms with E-state index < -0.39 is 23.7 Å². The second-order valence-electron chi connectivity index (χ2n) is 5.35. The maximum absolute atomic E-state index is 12.3. The van der Waals surface area contributed by atoms with Gasteiger partial charge in [0, 0.05) is 10.6 Å². The van der Waals surface area contributed by atoms with Gasteiger partial charge in [0.2, 0.25) is 0 Å². The molecule has 1 atom stereocenters. The number of anilines is 1.